The maximum Gasteiger partial charge on any atom is 0.244 e. The van der Waals surface area contributed by atoms with Gasteiger partial charge >= 0.3 is 0 Å². The summed E-state index contributed by atoms with van der Waals surface area (Å²) in [5, 5.41) is 3.23. The molecule has 2 aromatic carbocycles. The van der Waals surface area contributed by atoms with Crippen LogP contribution in [0.5, 0.6) is 0 Å². The van der Waals surface area contributed by atoms with Gasteiger partial charge in [-0.3, -0.25) is 13.9 Å². The molecular weight excluding hydrogens is 541 g/mol. The van der Waals surface area contributed by atoms with Crippen molar-refractivity contribution in [1.82, 2.24) is 10.2 Å². The van der Waals surface area contributed by atoms with Crippen molar-refractivity contribution in [1.29, 1.82) is 0 Å². The molecule has 0 bridgehead atoms. The number of carbonyl (C=O) groups excluding carboxylic acids is 2. The van der Waals surface area contributed by atoms with Crippen LogP contribution >= 0.6 is 39.1 Å². The third-order valence-corrected chi connectivity index (χ3v) is 7.33. The van der Waals surface area contributed by atoms with Gasteiger partial charge in [-0.15, -0.1) is 0 Å². The van der Waals surface area contributed by atoms with Gasteiger partial charge in [-0.05, 0) is 46.6 Å². The standard InChI is InChI=1S/C21H24BrCl2N3O4S/c1-4-18(21(29)25-2)26(12-14-16(23)9-7-10-17(14)24)20(28)13-27(32(3,30)31)19-11-6-5-8-15(19)22/h5-11,18H,4,12-13H2,1-3H3,(H,25,29)/t18-/m1/s1. The average molecular weight is 565 g/mol. The third kappa shape index (κ3) is 6.37. The third-order valence-electron chi connectivity index (χ3n) is 4.82. The van der Waals surface area contributed by atoms with E-state index >= 15 is 0 Å². The predicted molar refractivity (Wildman–Crippen MR) is 131 cm³/mol. The summed E-state index contributed by atoms with van der Waals surface area (Å²) < 4.78 is 26.6. The normalized spacial score (nSPS) is 12.2. The van der Waals surface area contributed by atoms with Crippen molar-refractivity contribution in [2.45, 2.75) is 25.9 Å². The number of para-hydroxylation sites is 1. The van der Waals surface area contributed by atoms with Gasteiger partial charge in [0.1, 0.15) is 12.6 Å². The van der Waals surface area contributed by atoms with E-state index in [2.05, 4.69) is 21.2 Å². The van der Waals surface area contributed by atoms with Gasteiger partial charge in [0, 0.05) is 33.7 Å². The fraction of sp³-hybridized carbons (Fsp3) is 0.333. The Morgan fingerprint density at radius 2 is 1.69 bits per heavy atom. The molecular formula is C21H24BrCl2N3O4S. The highest BCUT2D eigenvalue weighted by molar-refractivity contribution is 9.10. The molecule has 1 atom stereocenters. The Labute approximate surface area is 206 Å². The number of nitrogens with one attached hydrogen (secondary N) is 1. The lowest BCUT2D eigenvalue weighted by atomic mass is 10.1. The molecule has 11 heteroatoms. The van der Waals surface area contributed by atoms with Crippen LogP contribution in [0.1, 0.15) is 18.9 Å². The van der Waals surface area contributed by atoms with Crippen LogP contribution in [0.4, 0.5) is 5.69 Å². The highest BCUT2D eigenvalue weighted by atomic mass is 79.9. The molecule has 7 nitrogen and oxygen atoms in total. The number of halogens is 3. The molecule has 32 heavy (non-hydrogen) atoms. The van der Waals surface area contributed by atoms with Crippen LogP contribution < -0.4 is 9.62 Å². The molecule has 0 radical (unpaired) electrons. The van der Waals surface area contributed by atoms with E-state index in [1.807, 2.05) is 0 Å². The molecule has 0 spiro atoms. The number of amides is 2. The molecule has 2 rings (SSSR count). The smallest absolute Gasteiger partial charge is 0.244 e. The van der Waals surface area contributed by atoms with Crippen molar-refractivity contribution in [3.8, 4) is 0 Å². The summed E-state index contributed by atoms with van der Waals surface area (Å²) in [6.07, 6.45) is 1.33. The molecule has 0 saturated heterocycles. The van der Waals surface area contributed by atoms with Crippen molar-refractivity contribution >= 4 is 66.7 Å². The lowest BCUT2D eigenvalue weighted by molar-refractivity contribution is -0.140. The lowest BCUT2D eigenvalue weighted by Crippen LogP contribution is -2.51. The van der Waals surface area contributed by atoms with E-state index in [1.54, 1.807) is 49.4 Å². The number of nitrogens with zero attached hydrogens (tertiary/aromatic N) is 2. The zero-order chi connectivity index (χ0) is 24.1. The Morgan fingerprint density at radius 3 is 2.19 bits per heavy atom. The van der Waals surface area contributed by atoms with E-state index in [0.717, 1.165) is 10.6 Å². The molecule has 2 aromatic rings. The van der Waals surface area contributed by atoms with E-state index < -0.39 is 28.5 Å². The predicted octanol–water partition coefficient (Wildman–Crippen LogP) is 4.08. The fourth-order valence-corrected chi connectivity index (χ4v) is 5.18. The number of hydrogen-bond acceptors (Lipinski definition) is 4. The number of benzene rings is 2. The highest BCUT2D eigenvalue weighted by Gasteiger charge is 2.32. The molecule has 0 aromatic heterocycles. The molecule has 0 heterocycles. The summed E-state index contributed by atoms with van der Waals surface area (Å²) in [6.45, 7) is 1.20. The largest absolute Gasteiger partial charge is 0.357 e. The summed E-state index contributed by atoms with van der Waals surface area (Å²) in [4.78, 5) is 27.3. The van der Waals surface area contributed by atoms with Crippen LogP contribution in [0.3, 0.4) is 0 Å². The quantitative estimate of drug-likeness (QED) is 0.497. The number of sulfonamides is 1. The summed E-state index contributed by atoms with van der Waals surface area (Å²) in [5.41, 5.74) is 0.783. The van der Waals surface area contributed by atoms with Gasteiger partial charge in [-0.2, -0.15) is 0 Å². The Kier molecular flexibility index (Phi) is 9.39. The summed E-state index contributed by atoms with van der Waals surface area (Å²) in [7, 11) is -2.34. The molecule has 1 N–H and O–H groups in total. The molecule has 0 fully saturated rings. The maximum absolute atomic E-state index is 13.5. The van der Waals surface area contributed by atoms with Gasteiger partial charge in [0.05, 0.1) is 11.9 Å². The highest BCUT2D eigenvalue weighted by Crippen LogP contribution is 2.29. The maximum atomic E-state index is 13.5. The van der Waals surface area contributed by atoms with Crippen LogP contribution in [0, 0.1) is 0 Å². The lowest BCUT2D eigenvalue weighted by Gasteiger charge is -2.33. The first-order chi connectivity index (χ1) is 15.0. The van der Waals surface area contributed by atoms with Crippen LogP contribution in [-0.2, 0) is 26.2 Å². The average Bonchev–Trinajstić information content (AvgIpc) is 2.73. The number of anilines is 1. The number of hydrogen-bond donors (Lipinski definition) is 1. The molecule has 2 amide bonds. The Balaban J connectivity index is 2.50. The zero-order valence-electron chi connectivity index (χ0n) is 17.8. The Hall–Kier alpha value is -1.81. The first-order valence-electron chi connectivity index (χ1n) is 9.67. The monoisotopic (exact) mass is 563 g/mol. The van der Waals surface area contributed by atoms with E-state index in [9.17, 15) is 18.0 Å². The molecule has 0 aliphatic carbocycles. The number of likely N-dealkylation sites (N-methyl/N-ethyl adjacent to an activating group) is 1. The van der Waals surface area contributed by atoms with Gasteiger partial charge < -0.3 is 10.2 Å². The van der Waals surface area contributed by atoms with Gasteiger partial charge in [0.25, 0.3) is 0 Å². The topological polar surface area (TPSA) is 86.8 Å². The van der Waals surface area contributed by atoms with E-state index in [-0.39, 0.29) is 12.5 Å². The molecule has 0 saturated carbocycles. The Morgan fingerprint density at radius 1 is 1.09 bits per heavy atom. The first kappa shape index (κ1) is 26.4. The van der Waals surface area contributed by atoms with Crippen LogP contribution in [0.15, 0.2) is 46.9 Å². The summed E-state index contributed by atoms with van der Waals surface area (Å²) >= 11 is 15.9. The summed E-state index contributed by atoms with van der Waals surface area (Å²) in [5.74, 6) is -0.951. The first-order valence-corrected chi connectivity index (χ1v) is 13.1. The van der Waals surface area contributed by atoms with Crippen LogP contribution in [0.25, 0.3) is 0 Å². The second kappa shape index (κ2) is 11.4. The van der Waals surface area contributed by atoms with Crippen molar-refractivity contribution in [3.63, 3.8) is 0 Å². The molecule has 174 valence electrons. The van der Waals surface area contributed by atoms with E-state index in [0.29, 0.717) is 32.2 Å². The van der Waals surface area contributed by atoms with Gasteiger partial charge in [0.2, 0.25) is 21.8 Å². The van der Waals surface area contributed by atoms with Crippen molar-refractivity contribution in [3.05, 3.63) is 62.5 Å². The molecule has 0 unspecified atom stereocenters. The SMILES string of the molecule is CC[C@H](C(=O)NC)N(Cc1c(Cl)cccc1Cl)C(=O)CN(c1ccccc1Br)S(C)(=O)=O. The van der Waals surface area contributed by atoms with Crippen molar-refractivity contribution < 1.29 is 18.0 Å². The minimum atomic E-state index is -3.81. The Bertz CT molecular complexity index is 1080. The van der Waals surface area contributed by atoms with Gasteiger partial charge in [-0.1, -0.05) is 48.3 Å². The fourth-order valence-electron chi connectivity index (χ4n) is 3.19. The minimum absolute atomic E-state index is 0.0587. The second-order valence-corrected chi connectivity index (χ2v) is 10.6. The minimum Gasteiger partial charge on any atom is -0.357 e. The molecule has 0 aliphatic heterocycles. The van der Waals surface area contributed by atoms with Crippen molar-refractivity contribution in [2.75, 3.05) is 24.2 Å². The number of carbonyl (C=O) groups is 2. The molecule has 0 aliphatic rings. The van der Waals surface area contributed by atoms with Gasteiger partial charge in [-0.25, -0.2) is 8.42 Å². The van der Waals surface area contributed by atoms with Gasteiger partial charge in [0.15, 0.2) is 0 Å². The van der Waals surface area contributed by atoms with E-state index in [1.165, 1.54) is 11.9 Å². The zero-order valence-corrected chi connectivity index (χ0v) is 21.7. The van der Waals surface area contributed by atoms with E-state index in [4.69, 9.17) is 23.2 Å². The van der Waals surface area contributed by atoms with Crippen molar-refractivity contribution in [2.24, 2.45) is 0 Å². The van der Waals surface area contributed by atoms with Crippen LogP contribution in [0.2, 0.25) is 10.0 Å². The van der Waals surface area contributed by atoms with Crippen LogP contribution in [-0.4, -0.2) is 51.0 Å². The number of rotatable bonds is 9. The second-order valence-electron chi connectivity index (χ2n) is 6.98. The summed E-state index contributed by atoms with van der Waals surface area (Å²) in [6, 6.07) is 10.8.